The molecule has 1 aromatic heterocycles. The number of rotatable bonds is 6. The molecule has 0 amide bonds. The van der Waals surface area contributed by atoms with Gasteiger partial charge in [0.2, 0.25) is 0 Å². The summed E-state index contributed by atoms with van der Waals surface area (Å²) in [4.78, 5) is -0.00199. The van der Waals surface area contributed by atoms with Crippen LogP contribution in [0.2, 0.25) is 0 Å². The minimum Gasteiger partial charge on any atom is -0.492 e. The van der Waals surface area contributed by atoms with Crippen molar-refractivity contribution in [3.05, 3.63) is 41.9 Å². The molecule has 2 N–H and O–H groups in total. The van der Waals surface area contributed by atoms with Gasteiger partial charge in [-0.05, 0) is 26.0 Å². The Morgan fingerprint density at radius 2 is 2.05 bits per heavy atom. The maximum atomic E-state index is 12.4. The third-order valence-electron chi connectivity index (χ3n) is 2.80. The van der Waals surface area contributed by atoms with E-state index >= 15 is 0 Å². The second-order valence-electron chi connectivity index (χ2n) is 4.33. The molecule has 0 fully saturated rings. The standard InChI is InChI=1S/C14H17NO5S/c1-3-19-13-7-5-4-6-12(13)15-21(17,18)14-8-11(9-16)20-10(14)2/h4-8,15-16H,3,9H2,1-2H3. The van der Waals surface area contributed by atoms with E-state index in [4.69, 9.17) is 14.3 Å². The van der Waals surface area contributed by atoms with E-state index < -0.39 is 10.0 Å². The number of sulfonamides is 1. The van der Waals surface area contributed by atoms with E-state index in [9.17, 15) is 8.42 Å². The molecule has 0 atom stereocenters. The summed E-state index contributed by atoms with van der Waals surface area (Å²) in [6.45, 7) is 3.42. The number of hydrogen-bond donors (Lipinski definition) is 2. The van der Waals surface area contributed by atoms with Crippen LogP contribution in [0.1, 0.15) is 18.4 Å². The number of aliphatic hydroxyl groups excluding tert-OH is 1. The lowest BCUT2D eigenvalue weighted by Gasteiger charge is -2.12. The van der Waals surface area contributed by atoms with Crippen molar-refractivity contribution in [3.63, 3.8) is 0 Å². The lowest BCUT2D eigenvalue weighted by atomic mass is 10.3. The van der Waals surface area contributed by atoms with Gasteiger partial charge in [0.25, 0.3) is 10.0 Å². The van der Waals surface area contributed by atoms with Crippen LogP contribution in [0.25, 0.3) is 0 Å². The van der Waals surface area contributed by atoms with E-state index in [2.05, 4.69) is 4.72 Å². The molecule has 0 saturated heterocycles. The van der Waals surface area contributed by atoms with Gasteiger partial charge in [0.15, 0.2) is 0 Å². The number of para-hydroxylation sites is 2. The van der Waals surface area contributed by atoms with Crippen molar-refractivity contribution in [3.8, 4) is 5.75 Å². The van der Waals surface area contributed by atoms with E-state index in [0.29, 0.717) is 18.0 Å². The van der Waals surface area contributed by atoms with Crippen molar-refractivity contribution >= 4 is 15.7 Å². The monoisotopic (exact) mass is 311 g/mol. The molecule has 0 aliphatic rings. The quantitative estimate of drug-likeness (QED) is 0.854. The fourth-order valence-electron chi connectivity index (χ4n) is 1.90. The molecular weight excluding hydrogens is 294 g/mol. The minimum absolute atomic E-state index is 0.00199. The van der Waals surface area contributed by atoms with Crippen molar-refractivity contribution in [2.75, 3.05) is 11.3 Å². The van der Waals surface area contributed by atoms with Crippen LogP contribution in [0.3, 0.4) is 0 Å². The first-order chi connectivity index (χ1) is 9.97. The maximum Gasteiger partial charge on any atom is 0.265 e. The van der Waals surface area contributed by atoms with Crippen LogP contribution in [0, 0.1) is 6.92 Å². The molecule has 1 aromatic carbocycles. The number of aliphatic hydroxyl groups is 1. The van der Waals surface area contributed by atoms with Crippen LogP contribution in [-0.4, -0.2) is 20.1 Å². The molecule has 1 heterocycles. The first-order valence-electron chi connectivity index (χ1n) is 6.42. The van der Waals surface area contributed by atoms with Gasteiger partial charge >= 0.3 is 0 Å². The Hall–Kier alpha value is -1.99. The number of anilines is 1. The Morgan fingerprint density at radius 3 is 2.67 bits per heavy atom. The SMILES string of the molecule is CCOc1ccccc1NS(=O)(=O)c1cc(CO)oc1C. The number of nitrogens with one attached hydrogen (secondary N) is 1. The fraction of sp³-hybridized carbons (Fsp3) is 0.286. The van der Waals surface area contributed by atoms with Gasteiger partial charge in [0, 0.05) is 6.07 Å². The summed E-state index contributed by atoms with van der Waals surface area (Å²) in [6, 6.07) is 8.08. The molecule has 2 rings (SSSR count). The molecular formula is C14H17NO5S. The van der Waals surface area contributed by atoms with E-state index in [-0.39, 0.29) is 23.0 Å². The first-order valence-corrected chi connectivity index (χ1v) is 7.91. The minimum atomic E-state index is -3.81. The highest BCUT2D eigenvalue weighted by Crippen LogP contribution is 2.28. The average molecular weight is 311 g/mol. The number of aryl methyl sites for hydroxylation is 1. The van der Waals surface area contributed by atoms with Gasteiger partial charge in [-0.2, -0.15) is 0 Å². The van der Waals surface area contributed by atoms with Crippen molar-refractivity contribution in [2.24, 2.45) is 0 Å². The van der Waals surface area contributed by atoms with Gasteiger partial charge in [-0.25, -0.2) is 8.42 Å². The second-order valence-corrected chi connectivity index (χ2v) is 5.98. The Balaban J connectivity index is 2.35. The number of furan rings is 1. The third kappa shape index (κ3) is 3.37. The van der Waals surface area contributed by atoms with E-state index in [1.165, 1.54) is 13.0 Å². The van der Waals surface area contributed by atoms with Crippen molar-refractivity contribution in [1.82, 2.24) is 0 Å². The summed E-state index contributed by atoms with van der Waals surface area (Å²) in [7, 11) is -3.81. The summed E-state index contributed by atoms with van der Waals surface area (Å²) >= 11 is 0. The summed E-state index contributed by atoms with van der Waals surface area (Å²) < 4.78 is 37.8. The molecule has 0 unspecified atom stereocenters. The van der Waals surface area contributed by atoms with Crippen molar-refractivity contribution in [2.45, 2.75) is 25.3 Å². The highest BCUT2D eigenvalue weighted by molar-refractivity contribution is 7.92. The molecule has 2 aromatic rings. The van der Waals surface area contributed by atoms with Crippen LogP contribution < -0.4 is 9.46 Å². The van der Waals surface area contributed by atoms with Gasteiger partial charge < -0.3 is 14.3 Å². The van der Waals surface area contributed by atoms with Crippen molar-refractivity contribution in [1.29, 1.82) is 0 Å². The van der Waals surface area contributed by atoms with Crippen LogP contribution in [-0.2, 0) is 16.6 Å². The zero-order valence-electron chi connectivity index (χ0n) is 11.8. The number of benzene rings is 1. The molecule has 6 nitrogen and oxygen atoms in total. The van der Waals surface area contributed by atoms with Crippen LogP contribution in [0.4, 0.5) is 5.69 Å². The Labute approximate surface area is 123 Å². The third-order valence-corrected chi connectivity index (χ3v) is 4.27. The van der Waals surface area contributed by atoms with Crippen LogP contribution >= 0.6 is 0 Å². The molecule has 0 spiro atoms. The highest BCUT2D eigenvalue weighted by atomic mass is 32.2. The van der Waals surface area contributed by atoms with Gasteiger partial charge in [-0.3, -0.25) is 4.72 Å². The molecule has 0 bridgehead atoms. The largest absolute Gasteiger partial charge is 0.492 e. The topological polar surface area (TPSA) is 88.8 Å². The predicted octanol–water partition coefficient (Wildman–Crippen LogP) is 2.28. The molecule has 7 heteroatoms. The van der Waals surface area contributed by atoms with Crippen molar-refractivity contribution < 1.29 is 22.7 Å². The lowest BCUT2D eigenvalue weighted by Crippen LogP contribution is -2.14. The van der Waals surface area contributed by atoms with Crippen LogP contribution in [0.15, 0.2) is 39.6 Å². The summed E-state index contributed by atoms with van der Waals surface area (Å²) in [5, 5.41) is 9.02. The first kappa shape index (κ1) is 15.4. The maximum absolute atomic E-state index is 12.4. The fourth-order valence-corrected chi connectivity index (χ4v) is 3.18. The van der Waals surface area contributed by atoms with Gasteiger partial charge in [0.05, 0.1) is 12.3 Å². The molecule has 0 aliphatic heterocycles. The zero-order chi connectivity index (χ0) is 15.5. The van der Waals surface area contributed by atoms with E-state index in [1.54, 1.807) is 24.3 Å². The molecule has 21 heavy (non-hydrogen) atoms. The number of hydrogen-bond acceptors (Lipinski definition) is 5. The van der Waals surface area contributed by atoms with Gasteiger partial charge in [-0.1, -0.05) is 12.1 Å². The zero-order valence-corrected chi connectivity index (χ0v) is 12.6. The normalized spacial score (nSPS) is 11.4. The smallest absolute Gasteiger partial charge is 0.265 e. The van der Waals surface area contributed by atoms with E-state index in [0.717, 1.165) is 0 Å². The molecule has 0 radical (unpaired) electrons. The average Bonchev–Trinajstić information content (AvgIpc) is 2.83. The molecule has 0 aliphatic carbocycles. The lowest BCUT2D eigenvalue weighted by molar-refractivity contribution is 0.245. The second kappa shape index (κ2) is 6.19. The van der Waals surface area contributed by atoms with E-state index in [1.807, 2.05) is 6.92 Å². The van der Waals surface area contributed by atoms with Gasteiger partial charge in [-0.15, -0.1) is 0 Å². The van der Waals surface area contributed by atoms with Gasteiger partial charge in [0.1, 0.15) is 28.8 Å². The predicted molar refractivity (Wildman–Crippen MR) is 77.8 cm³/mol. The number of ether oxygens (including phenoxy) is 1. The Bertz CT molecular complexity index is 721. The summed E-state index contributed by atoms with van der Waals surface area (Å²) in [6.07, 6.45) is 0. The molecule has 0 saturated carbocycles. The Kier molecular flexibility index (Phi) is 4.54. The molecule has 114 valence electrons. The highest BCUT2D eigenvalue weighted by Gasteiger charge is 2.22. The van der Waals surface area contributed by atoms with Crippen LogP contribution in [0.5, 0.6) is 5.75 Å². The summed E-state index contributed by atoms with van der Waals surface area (Å²) in [5.74, 6) is 0.874. The Morgan fingerprint density at radius 1 is 1.33 bits per heavy atom. The summed E-state index contributed by atoms with van der Waals surface area (Å²) in [5.41, 5.74) is 0.352.